The van der Waals surface area contributed by atoms with Crippen LogP contribution in [0.25, 0.3) is 0 Å². The molecule has 0 fully saturated rings. The van der Waals surface area contributed by atoms with Crippen LogP contribution >= 0.6 is 0 Å². The molecule has 0 saturated carbocycles. The molecule has 0 heterocycles. The lowest BCUT2D eigenvalue weighted by Crippen LogP contribution is -2.33. The van der Waals surface area contributed by atoms with Gasteiger partial charge in [-0.15, -0.1) is 0 Å². The van der Waals surface area contributed by atoms with E-state index < -0.39 is 5.60 Å². The van der Waals surface area contributed by atoms with Crippen molar-refractivity contribution in [2.24, 2.45) is 0 Å². The summed E-state index contributed by atoms with van der Waals surface area (Å²) in [6, 6.07) is 0. The topological polar surface area (TPSA) is 26.3 Å². The third kappa shape index (κ3) is 13.3. The van der Waals surface area contributed by atoms with Crippen molar-refractivity contribution in [2.75, 3.05) is 6.61 Å². The van der Waals surface area contributed by atoms with Crippen molar-refractivity contribution in [1.82, 2.24) is 0 Å². The molecule has 0 rings (SSSR count). The Bertz CT molecular complexity index is 258. The van der Waals surface area contributed by atoms with Gasteiger partial charge in [0.05, 0.1) is 0 Å². The van der Waals surface area contributed by atoms with E-state index in [-0.39, 0.29) is 5.78 Å². The first kappa shape index (κ1) is 21.6. The predicted molar refractivity (Wildman–Crippen MR) is 96.4 cm³/mol. The van der Waals surface area contributed by atoms with Gasteiger partial charge in [-0.05, 0) is 27.2 Å². The fourth-order valence-electron chi connectivity index (χ4n) is 2.55. The molecule has 132 valence electrons. The molecule has 22 heavy (non-hydrogen) atoms. The highest BCUT2D eigenvalue weighted by Gasteiger charge is 2.23. The Kier molecular flexibility index (Phi) is 14.0. The summed E-state index contributed by atoms with van der Waals surface area (Å²) in [5.41, 5.74) is -0.600. The van der Waals surface area contributed by atoms with Gasteiger partial charge in [0.15, 0.2) is 5.78 Å². The molecule has 0 aliphatic rings. The summed E-state index contributed by atoms with van der Waals surface area (Å²) in [7, 11) is 0. The summed E-state index contributed by atoms with van der Waals surface area (Å²) >= 11 is 0. The SMILES string of the molecule is CCCCCCCCCCCCCCCOC(C)(C)C(C)=O. The second-order valence-electron chi connectivity index (χ2n) is 7.16. The highest BCUT2D eigenvalue weighted by atomic mass is 16.5. The van der Waals surface area contributed by atoms with Crippen molar-refractivity contribution < 1.29 is 9.53 Å². The Labute approximate surface area is 139 Å². The first-order valence-corrected chi connectivity index (χ1v) is 9.65. The Hall–Kier alpha value is -0.370. The molecular formula is C20H40O2. The zero-order valence-electron chi connectivity index (χ0n) is 15.7. The molecule has 2 nitrogen and oxygen atoms in total. The van der Waals surface area contributed by atoms with Gasteiger partial charge >= 0.3 is 0 Å². The van der Waals surface area contributed by atoms with Crippen molar-refractivity contribution in [3.8, 4) is 0 Å². The van der Waals surface area contributed by atoms with Gasteiger partial charge in [0, 0.05) is 6.61 Å². The molecular weight excluding hydrogens is 272 g/mol. The second kappa shape index (κ2) is 14.2. The maximum Gasteiger partial charge on any atom is 0.160 e. The molecule has 0 saturated heterocycles. The number of hydrogen-bond acceptors (Lipinski definition) is 2. The van der Waals surface area contributed by atoms with E-state index in [1.54, 1.807) is 6.92 Å². The monoisotopic (exact) mass is 312 g/mol. The summed E-state index contributed by atoms with van der Waals surface area (Å²) in [5.74, 6) is 0.113. The minimum Gasteiger partial charge on any atom is -0.368 e. The molecule has 0 aromatic rings. The Morgan fingerprint density at radius 1 is 0.727 bits per heavy atom. The van der Waals surface area contributed by atoms with Crippen LogP contribution < -0.4 is 0 Å². The largest absolute Gasteiger partial charge is 0.368 e. The van der Waals surface area contributed by atoms with E-state index in [4.69, 9.17) is 4.74 Å². The van der Waals surface area contributed by atoms with Gasteiger partial charge in [0.25, 0.3) is 0 Å². The van der Waals surface area contributed by atoms with Gasteiger partial charge in [0.1, 0.15) is 5.60 Å². The number of ether oxygens (including phenoxy) is 1. The minimum atomic E-state index is -0.600. The van der Waals surface area contributed by atoms with E-state index in [0.717, 1.165) is 6.42 Å². The molecule has 0 amide bonds. The van der Waals surface area contributed by atoms with Gasteiger partial charge in [-0.1, -0.05) is 84.0 Å². The number of hydrogen-bond donors (Lipinski definition) is 0. The van der Waals surface area contributed by atoms with Crippen LogP contribution in [-0.4, -0.2) is 18.0 Å². The molecule has 0 spiro atoms. The van der Waals surface area contributed by atoms with E-state index >= 15 is 0 Å². The van der Waals surface area contributed by atoms with E-state index in [0.29, 0.717) is 6.61 Å². The third-order valence-corrected chi connectivity index (χ3v) is 4.56. The number of ketones is 1. The number of carbonyl (C=O) groups is 1. The predicted octanol–water partition coefficient (Wildman–Crippen LogP) is 6.46. The van der Waals surface area contributed by atoms with Crippen LogP contribution in [-0.2, 0) is 9.53 Å². The van der Waals surface area contributed by atoms with E-state index in [2.05, 4.69) is 6.92 Å². The van der Waals surface area contributed by atoms with Gasteiger partial charge in [0.2, 0.25) is 0 Å². The average Bonchev–Trinajstić information content (AvgIpc) is 2.47. The molecule has 0 unspecified atom stereocenters. The van der Waals surface area contributed by atoms with E-state index in [9.17, 15) is 4.79 Å². The van der Waals surface area contributed by atoms with E-state index in [1.807, 2.05) is 13.8 Å². The average molecular weight is 313 g/mol. The second-order valence-corrected chi connectivity index (χ2v) is 7.16. The molecule has 0 aliphatic carbocycles. The molecule has 0 N–H and O–H groups in total. The standard InChI is InChI=1S/C20H40O2/c1-5-6-7-8-9-10-11-12-13-14-15-16-17-18-22-20(3,4)19(2)21/h5-18H2,1-4H3. The summed E-state index contributed by atoms with van der Waals surface area (Å²) in [5, 5.41) is 0. The number of carbonyl (C=O) groups excluding carboxylic acids is 1. The number of unbranched alkanes of at least 4 members (excludes halogenated alkanes) is 12. The molecule has 0 radical (unpaired) electrons. The molecule has 0 aliphatic heterocycles. The lowest BCUT2D eigenvalue weighted by molar-refractivity contribution is -0.138. The maximum absolute atomic E-state index is 11.3. The van der Waals surface area contributed by atoms with Gasteiger partial charge in [-0.3, -0.25) is 4.79 Å². The van der Waals surface area contributed by atoms with Crippen molar-refractivity contribution in [3.05, 3.63) is 0 Å². The molecule has 0 bridgehead atoms. The first-order chi connectivity index (χ1) is 10.5. The normalized spacial score (nSPS) is 11.8. The molecule has 0 atom stereocenters. The highest BCUT2D eigenvalue weighted by Crippen LogP contribution is 2.14. The van der Waals surface area contributed by atoms with Gasteiger partial charge in [-0.25, -0.2) is 0 Å². The summed E-state index contributed by atoms with van der Waals surface area (Å²) in [6.07, 6.45) is 17.7. The lowest BCUT2D eigenvalue weighted by Gasteiger charge is -2.21. The van der Waals surface area contributed by atoms with E-state index in [1.165, 1.54) is 77.0 Å². The zero-order valence-corrected chi connectivity index (χ0v) is 15.7. The minimum absolute atomic E-state index is 0.113. The fraction of sp³-hybridized carbons (Fsp3) is 0.950. The van der Waals surface area contributed by atoms with Gasteiger partial charge in [-0.2, -0.15) is 0 Å². The van der Waals surface area contributed by atoms with Crippen LogP contribution in [0.1, 0.15) is 111 Å². The van der Waals surface area contributed by atoms with Crippen LogP contribution in [0.4, 0.5) is 0 Å². The van der Waals surface area contributed by atoms with Crippen LogP contribution in [0.2, 0.25) is 0 Å². The van der Waals surface area contributed by atoms with Gasteiger partial charge < -0.3 is 4.74 Å². The fourth-order valence-corrected chi connectivity index (χ4v) is 2.55. The maximum atomic E-state index is 11.3. The summed E-state index contributed by atoms with van der Waals surface area (Å²) < 4.78 is 5.64. The first-order valence-electron chi connectivity index (χ1n) is 9.65. The van der Waals surface area contributed by atoms with Crippen molar-refractivity contribution in [3.63, 3.8) is 0 Å². The number of Topliss-reactive ketones (excluding diaryl/α,β-unsaturated/α-hetero) is 1. The Morgan fingerprint density at radius 3 is 1.45 bits per heavy atom. The van der Waals surface area contributed by atoms with Crippen LogP contribution in [0.5, 0.6) is 0 Å². The lowest BCUT2D eigenvalue weighted by atomic mass is 10.0. The summed E-state index contributed by atoms with van der Waals surface area (Å²) in [6.45, 7) is 8.31. The Balaban J connectivity index is 3.16. The van der Waals surface area contributed by atoms with Crippen LogP contribution in [0, 0.1) is 0 Å². The Morgan fingerprint density at radius 2 is 1.09 bits per heavy atom. The number of rotatable bonds is 16. The smallest absolute Gasteiger partial charge is 0.160 e. The zero-order chi connectivity index (χ0) is 16.7. The quantitative estimate of drug-likeness (QED) is 0.306. The van der Waals surface area contributed by atoms with Crippen LogP contribution in [0.15, 0.2) is 0 Å². The molecule has 2 heteroatoms. The molecule has 0 aromatic heterocycles. The highest BCUT2D eigenvalue weighted by molar-refractivity contribution is 5.83. The van der Waals surface area contributed by atoms with Crippen LogP contribution in [0.3, 0.4) is 0 Å². The van der Waals surface area contributed by atoms with Crippen molar-refractivity contribution in [2.45, 2.75) is 117 Å². The third-order valence-electron chi connectivity index (χ3n) is 4.56. The summed E-state index contributed by atoms with van der Waals surface area (Å²) in [4.78, 5) is 11.3. The van der Waals surface area contributed by atoms with Crippen molar-refractivity contribution >= 4 is 5.78 Å². The molecule has 0 aromatic carbocycles. The van der Waals surface area contributed by atoms with Crippen molar-refractivity contribution in [1.29, 1.82) is 0 Å².